The van der Waals surface area contributed by atoms with E-state index < -0.39 is 5.97 Å². The molecule has 0 aliphatic carbocycles. The zero-order chi connectivity index (χ0) is 13.4. The van der Waals surface area contributed by atoms with Crippen LogP contribution in [-0.4, -0.2) is 20.6 Å². The number of carbonyl (C=O) groups is 1. The molecule has 0 saturated carbocycles. The zero-order valence-electron chi connectivity index (χ0n) is 10.3. The predicted octanol–water partition coefficient (Wildman–Crippen LogP) is 2.68. The molecule has 5 heteroatoms. The molecule has 0 fully saturated rings. The average molecular weight is 256 g/mol. The first-order valence-corrected chi connectivity index (χ1v) is 5.87. The van der Waals surface area contributed by atoms with Crippen molar-refractivity contribution in [1.29, 1.82) is 0 Å². The molecule has 1 aromatic carbocycles. The fraction of sp³-hybridized carbons (Fsp3) is 0.143. The summed E-state index contributed by atoms with van der Waals surface area (Å²) in [6, 6.07) is 8.93. The van der Waals surface area contributed by atoms with Gasteiger partial charge in [0.05, 0.1) is 24.0 Å². The lowest BCUT2D eigenvalue weighted by molar-refractivity contribution is 0.0699. The Balaban J connectivity index is 2.06. The van der Waals surface area contributed by atoms with E-state index in [1.54, 1.807) is 18.5 Å². The van der Waals surface area contributed by atoms with E-state index in [9.17, 15) is 4.79 Å². The van der Waals surface area contributed by atoms with Gasteiger partial charge in [-0.05, 0) is 31.2 Å². The summed E-state index contributed by atoms with van der Waals surface area (Å²) in [5, 5.41) is 9.12. The molecule has 0 unspecified atom stereocenters. The molecule has 0 aliphatic heterocycles. The third-order valence-electron chi connectivity index (χ3n) is 3.00. The molecule has 1 N–H and O–H groups in total. The highest BCUT2D eigenvalue weighted by Gasteiger charge is 2.12. The number of para-hydroxylation sites is 1. The van der Waals surface area contributed by atoms with E-state index in [4.69, 9.17) is 9.52 Å². The molecule has 0 spiro atoms. The van der Waals surface area contributed by atoms with E-state index in [1.165, 1.54) is 0 Å². The Kier molecular flexibility index (Phi) is 2.59. The van der Waals surface area contributed by atoms with E-state index in [1.807, 2.05) is 29.7 Å². The molecule has 3 aromatic rings. The maximum atomic E-state index is 11.1. The fourth-order valence-corrected chi connectivity index (χ4v) is 2.12. The highest BCUT2D eigenvalue weighted by molar-refractivity contribution is 6.00. The van der Waals surface area contributed by atoms with E-state index in [2.05, 4.69) is 4.98 Å². The maximum absolute atomic E-state index is 11.1. The van der Waals surface area contributed by atoms with Gasteiger partial charge in [-0.15, -0.1) is 0 Å². The van der Waals surface area contributed by atoms with Gasteiger partial charge in [0.25, 0.3) is 0 Å². The second-order valence-electron chi connectivity index (χ2n) is 4.36. The van der Waals surface area contributed by atoms with Crippen LogP contribution in [0.3, 0.4) is 0 Å². The third-order valence-corrected chi connectivity index (χ3v) is 3.00. The van der Waals surface area contributed by atoms with Crippen LogP contribution < -0.4 is 0 Å². The number of nitrogens with zero attached hydrogens (tertiary/aromatic N) is 2. The van der Waals surface area contributed by atoms with E-state index in [0.29, 0.717) is 12.1 Å². The van der Waals surface area contributed by atoms with Crippen molar-refractivity contribution in [2.45, 2.75) is 13.5 Å². The van der Waals surface area contributed by atoms with Gasteiger partial charge in [0.2, 0.25) is 0 Å². The lowest BCUT2D eigenvalue weighted by Crippen LogP contribution is -1.99. The van der Waals surface area contributed by atoms with Gasteiger partial charge in [0.1, 0.15) is 17.0 Å². The molecule has 0 atom stereocenters. The molecule has 2 heterocycles. The lowest BCUT2D eigenvalue weighted by atomic mass is 10.2. The molecule has 3 rings (SSSR count). The van der Waals surface area contributed by atoms with Crippen LogP contribution in [0.5, 0.6) is 0 Å². The summed E-state index contributed by atoms with van der Waals surface area (Å²) in [4.78, 5) is 15.3. The molecule has 0 bridgehead atoms. The molecular weight excluding hydrogens is 244 g/mol. The summed E-state index contributed by atoms with van der Waals surface area (Å²) >= 11 is 0. The minimum Gasteiger partial charge on any atom is -0.478 e. The first-order valence-electron chi connectivity index (χ1n) is 5.87. The average Bonchev–Trinajstić information content (AvgIpc) is 2.97. The number of hydrogen-bond donors (Lipinski definition) is 1. The van der Waals surface area contributed by atoms with Crippen LogP contribution >= 0.6 is 0 Å². The van der Waals surface area contributed by atoms with Gasteiger partial charge in [-0.25, -0.2) is 9.78 Å². The van der Waals surface area contributed by atoms with Crippen LogP contribution in [0, 0.1) is 6.92 Å². The summed E-state index contributed by atoms with van der Waals surface area (Å²) in [6.07, 6.45) is 1.63. The van der Waals surface area contributed by atoms with Crippen molar-refractivity contribution in [3.05, 3.63) is 53.7 Å². The fourth-order valence-electron chi connectivity index (χ4n) is 2.12. The maximum Gasteiger partial charge on any atom is 0.337 e. The first-order chi connectivity index (χ1) is 9.15. The second kappa shape index (κ2) is 4.28. The number of aromatic carboxylic acids is 1. The number of hydrogen-bond acceptors (Lipinski definition) is 3. The number of benzene rings is 1. The number of aromatic nitrogens is 2. The number of aryl methyl sites for hydroxylation is 1. The number of imidazole rings is 1. The van der Waals surface area contributed by atoms with Crippen molar-refractivity contribution in [2.75, 3.05) is 0 Å². The van der Waals surface area contributed by atoms with Crippen LogP contribution in [-0.2, 0) is 6.54 Å². The highest BCUT2D eigenvalue weighted by atomic mass is 16.4. The molecule has 0 saturated heterocycles. The van der Waals surface area contributed by atoms with Crippen molar-refractivity contribution in [3.63, 3.8) is 0 Å². The van der Waals surface area contributed by atoms with Crippen molar-refractivity contribution in [1.82, 2.24) is 9.55 Å². The van der Waals surface area contributed by atoms with Crippen molar-refractivity contribution < 1.29 is 14.3 Å². The topological polar surface area (TPSA) is 68.3 Å². The van der Waals surface area contributed by atoms with Gasteiger partial charge in [0.15, 0.2) is 0 Å². The number of fused-ring (bicyclic) bond motifs is 1. The predicted molar refractivity (Wildman–Crippen MR) is 69.2 cm³/mol. The van der Waals surface area contributed by atoms with Gasteiger partial charge in [-0.2, -0.15) is 0 Å². The molecule has 19 heavy (non-hydrogen) atoms. The number of carboxylic acids is 1. The minimum absolute atomic E-state index is 0.215. The van der Waals surface area contributed by atoms with E-state index >= 15 is 0 Å². The van der Waals surface area contributed by atoms with Crippen molar-refractivity contribution >= 4 is 17.0 Å². The van der Waals surface area contributed by atoms with Gasteiger partial charge in [-0.3, -0.25) is 0 Å². The normalized spacial score (nSPS) is 11.0. The Morgan fingerprint density at radius 3 is 2.89 bits per heavy atom. The Bertz CT molecular complexity index is 755. The second-order valence-corrected chi connectivity index (χ2v) is 4.36. The Labute approximate surface area is 109 Å². The zero-order valence-corrected chi connectivity index (χ0v) is 10.3. The van der Waals surface area contributed by atoms with Gasteiger partial charge in [0, 0.05) is 0 Å². The number of rotatable bonds is 3. The third kappa shape index (κ3) is 1.99. The quantitative estimate of drug-likeness (QED) is 0.782. The molecule has 0 aliphatic rings. The Hall–Kier alpha value is -2.56. The summed E-state index contributed by atoms with van der Waals surface area (Å²) in [5.41, 5.74) is 1.50. The van der Waals surface area contributed by atoms with Crippen molar-refractivity contribution in [2.24, 2.45) is 0 Å². The Morgan fingerprint density at radius 2 is 2.21 bits per heavy atom. The first kappa shape index (κ1) is 11.5. The van der Waals surface area contributed by atoms with E-state index in [-0.39, 0.29) is 5.56 Å². The SMILES string of the molecule is Cc1ccc(Cn2cnc3c(C(=O)O)cccc32)o1. The summed E-state index contributed by atoms with van der Waals surface area (Å²) < 4.78 is 7.39. The van der Waals surface area contributed by atoms with Crippen LogP contribution in [0.15, 0.2) is 41.1 Å². The molecule has 96 valence electrons. The monoisotopic (exact) mass is 256 g/mol. The van der Waals surface area contributed by atoms with Crippen LogP contribution in [0.25, 0.3) is 11.0 Å². The van der Waals surface area contributed by atoms with Gasteiger partial charge >= 0.3 is 5.97 Å². The summed E-state index contributed by atoms with van der Waals surface area (Å²) in [5.74, 6) is 0.702. The van der Waals surface area contributed by atoms with Crippen LogP contribution in [0.1, 0.15) is 21.9 Å². The molecular formula is C14H12N2O3. The molecule has 2 aromatic heterocycles. The minimum atomic E-state index is -0.968. The van der Waals surface area contributed by atoms with Gasteiger partial charge in [-0.1, -0.05) is 6.07 Å². The van der Waals surface area contributed by atoms with E-state index in [0.717, 1.165) is 17.0 Å². The molecule has 5 nitrogen and oxygen atoms in total. The summed E-state index contributed by atoms with van der Waals surface area (Å²) in [7, 11) is 0. The summed E-state index contributed by atoms with van der Waals surface area (Å²) in [6.45, 7) is 2.42. The highest BCUT2D eigenvalue weighted by Crippen LogP contribution is 2.19. The molecule has 0 amide bonds. The number of furan rings is 1. The van der Waals surface area contributed by atoms with Crippen LogP contribution in [0.2, 0.25) is 0 Å². The van der Waals surface area contributed by atoms with Crippen molar-refractivity contribution in [3.8, 4) is 0 Å². The smallest absolute Gasteiger partial charge is 0.337 e. The Morgan fingerprint density at radius 1 is 1.37 bits per heavy atom. The number of carboxylic acid groups (broad SMARTS) is 1. The van der Waals surface area contributed by atoms with Gasteiger partial charge < -0.3 is 14.1 Å². The lowest BCUT2D eigenvalue weighted by Gasteiger charge is -2.02. The molecule has 0 radical (unpaired) electrons. The largest absolute Gasteiger partial charge is 0.478 e. The van der Waals surface area contributed by atoms with Crippen LogP contribution in [0.4, 0.5) is 0 Å². The standard InChI is InChI=1S/C14H12N2O3/c1-9-5-6-10(19-9)7-16-8-15-13-11(14(17)18)3-2-4-12(13)16/h2-6,8H,7H2,1H3,(H,17,18).